The Kier molecular flexibility index (Phi) is 6.10. The Morgan fingerprint density at radius 1 is 1.04 bits per heavy atom. The number of benzene rings is 1. The molecule has 0 N–H and O–H groups in total. The van der Waals surface area contributed by atoms with Gasteiger partial charge in [-0.2, -0.15) is 0 Å². The summed E-state index contributed by atoms with van der Waals surface area (Å²) in [4.78, 5) is 0. The predicted octanol–water partition coefficient (Wildman–Crippen LogP) is 5.60. The molecule has 1 aromatic carbocycles. The average Bonchev–Trinajstić information content (AvgIpc) is 3.24. The van der Waals surface area contributed by atoms with Crippen LogP contribution in [0.1, 0.15) is 42.6 Å². The van der Waals surface area contributed by atoms with Gasteiger partial charge in [0.05, 0.1) is 22.3 Å². The van der Waals surface area contributed by atoms with E-state index in [0.717, 1.165) is 42.7 Å². The normalized spacial score (nSPS) is 13.7. The molecule has 0 aliphatic carbocycles. The van der Waals surface area contributed by atoms with Gasteiger partial charge in [-0.1, -0.05) is 28.4 Å². The molecule has 0 saturated heterocycles. The summed E-state index contributed by atoms with van der Waals surface area (Å²) in [5.41, 5.74) is 1.66. The first kappa shape index (κ1) is 18.0. The van der Waals surface area contributed by atoms with Crippen molar-refractivity contribution in [3.8, 4) is 5.75 Å². The molecule has 3 rings (SSSR count). The second-order valence-electron chi connectivity index (χ2n) is 5.78. The third-order valence-corrected chi connectivity index (χ3v) is 4.30. The third kappa shape index (κ3) is 4.83. The summed E-state index contributed by atoms with van der Waals surface area (Å²) < 4.78 is 21.5. The zero-order valence-electron chi connectivity index (χ0n) is 13.8. The molecule has 1 aliphatic heterocycles. The highest BCUT2D eigenvalue weighted by molar-refractivity contribution is 6.37. The Morgan fingerprint density at radius 2 is 1.76 bits per heavy atom. The summed E-state index contributed by atoms with van der Waals surface area (Å²) >= 11 is 12.6. The lowest BCUT2D eigenvalue weighted by Gasteiger charge is -2.15. The van der Waals surface area contributed by atoms with Crippen LogP contribution in [0.4, 0.5) is 0 Å². The van der Waals surface area contributed by atoms with Gasteiger partial charge in [0, 0.05) is 18.1 Å². The molecule has 0 atom stereocenters. The molecule has 5 nitrogen and oxygen atoms in total. The van der Waals surface area contributed by atoms with Gasteiger partial charge in [-0.3, -0.25) is 0 Å². The van der Waals surface area contributed by atoms with E-state index in [1.54, 1.807) is 12.1 Å². The van der Waals surface area contributed by atoms with Crippen LogP contribution in [0.2, 0.25) is 10.0 Å². The van der Waals surface area contributed by atoms with Gasteiger partial charge in [-0.25, -0.2) is 0 Å². The molecule has 0 bridgehead atoms. The molecular formula is C18H19Cl2NO4. The summed E-state index contributed by atoms with van der Waals surface area (Å²) in [6, 6.07) is 5.45. The Bertz CT molecular complexity index is 713. The van der Waals surface area contributed by atoms with Crippen molar-refractivity contribution in [2.24, 2.45) is 0 Å². The molecule has 1 aliphatic rings. The topological polar surface area (TPSA) is 53.7 Å². The summed E-state index contributed by atoms with van der Waals surface area (Å²) in [6.07, 6.45) is 6.27. The minimum atomic E-state index is -0.510. The lowest BCUT2D eigenvalue weighted by Crippen LogP contribution is -2.02. The van der Waals surface area contributed by atoms with Crippen LogP contribution in [0.3, 0.4) is 0 Å². The van der Waals surface area contributed by atoms with Crippen LogP contribution >= 0.6 is 23.2 Å². The Morgan fingerprint density at radius 3 is 2.40 bits per heavy atom. The Balaban J connectivity index is 1.43. The van der Waals surface area contributed by atoms with Crippen LogP contribution < -0.4 is 4.74 Å². The van der Waals surface area contributed by atoms with Crippen molar-refractivity contribution in [3.63, 3.8) is 0 Å². The first-order chi connectivity index (χ1) is 12.1. The molecule has 0 amide bonds. The van der Waals surface area contributed by atoms with Crippen molar-refractivity contribution < 1.29 is 18.7 Å². The molecule has 25 heavy (non-hydrogen) atoms. The molecule has 1 aromatic heterocycles. The summed E-state index contributed by atoms with van der Waals surface area (Å²) in [5.74, 6) is 1.41. The average molecular weight is 384 g/mol. The molecule has 0 radical (unpaired) electrons. The van der Waals surface area contributed by atoms with Crippen molar-refractivity contribution in [2.75, 3.05) is 6.61 Å². The first-order valence-corrected chi connectivity index (χ1v) is 8.89. The van der Waals surface area contributed by atoms with Crippen LogP contribution in [-0.4, -0.2) is 11.8 Å². The number of aromatic nitrogens is 1. The fourth-order valence-electron chi connectivity index (χ4n) is 2.54. The number of hydrogen-bond acceptors (Lipinski definition) is 5. The lowest BCUT2D eigenvalue weighted by molar-refractivity contribution is -0.0246. The maximum absolute atomic E-state index is 6.28. The number of ether oxygens (including phenoxy) is 3. The second kappa shape index (κ2) is 8.50. The Labute approximate surface area is 156 Å². The summed E-state index contributed by atoms with van der Waals surface area (Å²) in [7, 11) is 0. The van der Waals surface area contributed by atoms with E-state index in [1.807, 2.05) is 13.0 Å². The molecule has 0 unspecified atom stereocenters. The van der Waals surface area contributed by atoms with E-state index in [0.29, 0.717) is 22.4 Å². The minimum Gasteiger partial charge on any atom is -0.490 e. The number of rotatable bonds is 8. The van der Waals surface area contributed by atoms with E-state index in [2.05, 4.69) is 5.16 Å². The van der Waals surface area contributed by atoms with Gasteiger partial charge in [-0.05, 0) is 38.3 Å². The third-order valence-electron chi connectivity index (χ3n) is 3.74. The van der Waals surface area contributed by atoms with Gasteiger partial charge < -0.3 is 18.7 Å². The molecule has 134 valence electrons. The highest BCUT2D eigenvalue weighted by atomic mass is 35.5. The minimum absolute atomic E-state index is 0.443. The SMILES string of the molecule is Cc1cc(CCCCCOc2c(Cl)cc(C3OC=CO3)cc2Cl)on1. The van der Waals surface area contributed by atoms with Gasteiger partial charge in [0.2, 0.25) is 0 Å². The van der Waals surface area contributed by atoms with Gasteiger partial charge in [0.25, 0.3) is 6.29 Å². The number of halogens is 2. The predicted molar refractivity (Wildman–Crippen MR) is 94.8 cm³/mol. The molecule has 0 fully saturated rings. The number of unbranched alkanes of at least 4 members (excludes halogenated alkanes) is 2. The smallest absolute Gasteiger partial charge is 0.266 e. The van der Waals surface area contributed by atoms with Crippen molar-refractivity contribution in [1.29, 1.82) is 0 Å². The second-order valence-corrected chi connectivity index (χ2v) is 6.60. The standard InChI is InChI=1S/C18H19Cl2NO4/c1-12-9-14(25-21-12)5-3-2-4-6-22-17-15(19)10-13(11-16(17)20)18-23-7-8-24-18/h7-11,18H,2-6H2,1H3. The maximum Gasteiger partial charge on any atom is 0.266 e. The van der Waals surface area contributed by atoms with Crippen LogP contribution in [0, 0.1) is 6.92 Å². The lowest BCUT2D eigenvalue weighted by atomic mass is 10.1. The number of nitrogens with zero attached hydrogens (tertiary/aromatic N) is 1. The van der Waals surface area contributed by atoms with Gasteiger partial charge in [0.1, 0.15) is 18.3 Å². The van der Waals surface area contributed by atoms with Crippen molar-refractivity contribution in [3.05, 3.63) is 57.8 Å². The van der Waals surface area contributed by atoms with E-state index in [4.69, 9.17) is 41.9 Å². The molecule has 7 heteroatoms. The fourth-order valence-corrected chi connectivity index (χ4v) is 3.15. The zero-order valence-corrected chi connectivity index (χ0v) is 15.3. The Hall–Kier alpha value is -1.85. The van der Waals surface area contributed by atoms with Crippen LogP contribution in [0.5, 0.6) is 5.75 Å². The maximum atomic E-state index is 6.28. The van der Waals surface area contributed by atoms with Crippen LogP contribution in [0.15, 0.2) is 35.2 Å². The molecule has 0 saturated carbocycles. The van der Waals surface area contributed by atoms with E-state index in [9.17, 15) is 0 Å². The highest BCUT2D eigenvalue weighted by Crippen LogP contribution is 2.37. The number of aryl methyl sites for hydroxylation is 2. The van der Waals surface area contributed by atoms with E-state index >= 15 is 0 Å². The first-order valence-electron chi connectivity index (χ1n) is 8.13. The molecule has 2 heterocycles. The van der Waals surface area contributed by atoms with Crippen molar-refractivity contribution >= 4 is 23.2 Å². The molecule has 2 aromatic rings. The van der Waals surface area contributed by atoms with Crippen LogP contribution in [0.25, 0.3) is 0 Å². The summed E-state index contributed by atoms with van der Waals surface area (Å²) in [6.45, 7) is 2.47. The molecule has 0 spiro atoms. The largest absolute Gasteiger partial charge is 0.490 e. The summed E-state index contributed by atoms with van der Waals surface area (Å²) in [5, 5.41) is 4.76. The van der Waals surface area contributed by atoms with Crippen molar-refractivity contribution in [2.45, 2.75) is 38.9 Å². The fraction of sp³-hybridized carbons (Fsp3) is 0.389. The van der Waals surface area contributed by atoms with Gasteiger partial charge in [-0.15, -0.1) is 0 Å². The number of hydrogen-bond donors (Lipinski definition) is 0. The zero-order chi connectivity index (χ0) is 17.6. The van der Waals surface area contributed by atoms with E-state index in [1.165, 1.54) is 12.5 Å². The quantitative estimate of drug-likeness (QED) is 0.555. The van der Waals surface area contributed by atoms with Gasteiger partial charge >= 0.3 is 0 Å². The van der Waals surface area contributed by atoms with Crippen LogP contribution in [-0.2, 0) is 15.9 Å². The van der Waals surface area contributed by atoms with Gasteiger partial charge in [0.15, 0.2) is 5.75 Å². The molecular weight excluding hydrogens is 365 g/mol. The monoisotopic (exact) mass is 383 g/mol. The van der Waals surface area contributed by atoms with E-state index < -0.39 is 6.29 Å². The van der Waals surface area contributed by atoms with E-state index in [-0.39, 0.29) is 0 Å². The highest BCUT2D eigenvalue weighted by Gasteiger charge is 2.19. The van der Waals surface area contributed by atoms with Crippen molar-refractivity contribution in [1.82, 2.24) is 5.16 Å².